The first-order valence-electron chi connectivity index (χ1n) is 8.09. The van der Waals surface area contributed by atoms with E-state index in [1.807, 2.05) is 0 Å². The van der Waals surface area contributed by atoms with Crippen LogP contribution in [0.3, 0.4) is 0 Å². The fraction of sp³-hybridized carbons (Fsp3) is 0.857. The standard InChI is InChI=1S/2C7H14O8.Fe/c2*8-1-2(9)3(10)4(11)5(12)6(13)7(14)15;/h2*2-6,8-13H,1H2,(H,14,15);/q;;+2/p-2/t2*2?,3-,4-,5+,6-;/m11./s1. The maximum Gasteiger partial charge on any atom is 2.00 e. The maximum absolute atomic E-state index is 10.1. The third-order valence-electron chi connectivity index (χ3n) is 3.69. The van der Waals surface area contributed by atoms with E-state index in [0.29, 0.717) is 0 Å². The van der Waals surface area contributed by atoms with Crippen molar-refractivity contribution in [1.29, 1.82) is 0 Å². The molecule has 0 rings (SSSR count). The van der Waals surface area contributed by atoms with E-state index in [0.717, 1.165) is 0 Å². The SMILES string of the molecule is O=C([O-])[C@H](O)[C@@H](O)[C@H](O)[C@H](O)C(O)CO.O=C([O-])[C@H](O)[C@@H](O)[C@H](O)[C@H](O)C(O)CO.[Fe+2]. The van der Waals surface area contributed by atoms with Crippen LogP contribution in [0.4, 0.5) is 0 Å². The fourth-order valence-corrected chi connectivity index (χ4v) is 1.73. The van der Waals surface area contributed by atoms with Crippen LogP contribution < -0.4 is 10.2 Å². The van der Waals surface area contributed by atoms with Gasteiger partial charge in [-0.2, -0.15) is 0 Å². The van der Waals surface area contributed by atoms with Crippen molar-refractivity contribution in [3.8, 4) is 0 Å². The van der Waals surface area contributed by atoms with Crippen molar-refractivity contribution in [3.63, 3.8) is 0 Å². The molecule has 0 saturated heterocycles. The van der Waals surface area contributed by atoms with Gasteiger partial charge in [-0.25, -0.2) is 0 Å². The summed E-state index contributed by atoms with van der Waals surface area (Å²) in [5, 5.41) is 126. The first-order chi connectivity index (χ1) is 13.6. The van der Waals surface area contributed by atoms with Gasteiger partial charge in [0, 0.05) is 0 Å². The molecule has 0 aliphatic rings. The van der Waals surface area contributed by atoms with Crippen molar-refractivity contribution in [2.75, 3.05) is 13.2 Å². The zero-order chi connectivity index (χ0) is 24.3. The summed E-state index contributed by atoms with van der Waals surface area (Å²) in [4.78, 5) is 20.2. The molecular weight excluding hydrogens is 480 g/mol. The van der Waals surface area contributed by atoms with Crippen LogP contribution in [-0.2, 0) is 26.7 Å². The predicted molar refractivity (Wildman–Crippen MR) is 84.3 cm³/mol. The average molecular weight is 506 g/mol. The Hall–Kier alpha value is -1.02. The Morgan fingerprint density at radius 2 is 0.742 bits per heavy atom. The van der Waals surface area contributed by atoms with Crippen LogP contribution in [0.15, 0.2) is 0 Å². The molecule has 186 valence electrons. The summed E-state index contributed by atoms with van der Waals surface area (Å²) in [5.41, 5.74) is 0. The Balaban J connectivity index is -0.000000490. The zero-order valence-corrected chi connectivity index (χ0v) is 16.6. The molecule has 31 heavy (non-hydrogen) atoms. The van der Waals surface area contributed by atoms with E-state index >= 15 is 0 Å². The average Bonchev–Trinajstić information content (AvgIpc) is 2.73. The van der Waals surface area contributed by atoms with E-state index in [2.05, 4.69) is 0 Å². The molecule has 0 bridgehead atoms. The van der Waals surface area contributed by atoms with Gasteiger partial charge in [0.1, 0.15) is 61.0 Å². The Kier molecular flexibility index (Phi) is 18.5. The first-order valence-corrected chi connectivity index (χ1v) is 8.09. The topological polar surface area (TPSA) is 323 Å². The number of aliphatic hydroxyl groups excluding tert-OH is 12. The van der Waals surface area contributed by atoms with Crippen molar-refractivity contribution in [3.05, 3.63) is 0 Å². The summed E-state index contributed by atoms with van der Waals surface area (Å²) in [6, 6.07) is 0. The summed E-state index contributed by atoms with van der Waals surface area (Å²) < 4.78 is 0. The second kappa shape index (κ2) is 16.6. The van der Waals surface area contributed by atoms with Crippen LogP contribution >= 0.6 is 0 Å². The van der Waals surface area contributed by atoms with Gasteiger partial charge in [-0.3, -0.25) is 0 Å². The summed E-state index contributed by atoms with van der Waals surface area (Å²) in [7, 11) is 0. The number of carboxylic acids is 2. The van der Waals surface area contributed by atoms with Gasteiger partial charge < -0.3 is 81.1 Å². The molecule has 0 aromatic rings. The van der Waals surface area contributed by atoms with E-state index in [1.165, 1.54) is 0 Å². The minimum Gasteiger partial charge on any atom is -0.547 e. The molecule has 0 radical (unpaired) electrons. The van der Waals surface area contributed by atoms with Gasteiger partial charge >= 0.3 is 17.1 Å². The van der Waals surface area contributed by atoms with E-state index in [-0.39, 0.29) is 17.1 Å². The van der Waals surface area contributed by atoms with Gasteiger partial charge in [0.25, 0.3) is 0 Å². The summed E-state index contributed by atoms with van der Waals surface area (Å²) in [6.45, 7) is -1.79. The Bertz CT molecular complexity index is 465. The van der Waals surface area contributed by atoms with Crippen molar-refractivity contribution < 1.29 is 98.1 Å². The Labute approximate surface area is 185 Å². The van der Waals surface area contributed by atoms with Crippen molar-refractivity contribution in [1.82, 2.24) is 0 Å². The molecule has 10 atom stereocenters. The van der Waals surface area contributed by atoms with E-state index in [4.69, 9.17) is 61.3 Å². The van der Waals surface area contributed by atoms with Crippen molar-refractivity contribution in [2.24, 2.45) is 0 Å². The molecule has 0 amide bonds. The van der Waals surface area contributed by atoms with E-state index in [1.54, 1.807) is 0 Å². The Morgan fingerprint density at radius 1 is 0.516 bits per heavy atom. The maximum atomic E-state index is 10.1. The molecule has 0 fully saturated rings. The third kappa shape index (κ3) is 11.4. The molecule has 0 heterocycles. The molecule has 0 saturated carbocycles. The summed E-state index contributed by atoms with van der Waals surface area (Å²) in [6.07, 6.45) is -21.0. The summed E-state index contributed by atoms with van der Waals surface area (Å²) >= 11 is 0. The molecule has 0 aliphatic heterocycles. The number of aliphatic carboxylic acids is 2. The van der Waals surface area contributed by atoms with Crippen LogP contribution in [0.1, 0.15) is 0 Å². The second-order valence-electron chi connectivity index (χ2n) is 5.97. The van der Waals surface area contributed by atoms with Gasteiger partial charge in [0.15, 0.2) is 0 Å². The normalized spacial score (nSPS) is 20.8. The van der Waals surface area contributed by atoms with Gasteiger partial charge in [-0.05, 0) is 0 Å². The molecular formula is C14H26FeO16. The van der Waals surface area contributed by atoms with Crippen LogP contribution in [0.25, 0.3) is 0 Å². The predicted octanol–water partition coefficient (Wildman–Crippen LogP) is -10.9. The first kappa shape index (κ1) is 34.6. The molecule has 0 aliphatic carbocycles. The minimum atomic E-state index is -2.40. The zero-order valence-electron chi connectivity index (χ0n) is 15.5. The molecule has 12 N–H and O–H groups in total. The minimum absolute atomic E-state index is 0. The van der Waals surface area contributed by atoms with Gasteiger partial charge in [0.2, 0.25) is 0 Å². The number of hydrogen-bond acceptors (Lipinski definition) is 16. The smallest absolute Gasteiger partial charge is 0.547 e. The van der Waals surface area contributed by atoms with Crippen LogP contribution in [0, 0.1) is 0 Å². The number of carboxylic acid groups (broad SMARTS) is 2. The van der Waals surface area contributed by atoms with Gasteiger partial charge in [0.05, 0.1) is 25.2 Å². The molecule has 0 aromatic carbocycles. The van der Waals surface area contributed by atoms with Crippen LogP contribution in [0.2, 0.25) is 0 Å². The van der Waals surface area contributed by atoms with Crippen LogP contribution in [0.5, 0.6) is 0 Å². The number of carbonyl (C=O) groups excluding carboxylic acids is 2. The Morgan fingerprint density at radius 3 is 0.903 bits per heavy atom. The number of hydrogen-bond donors (Lipinski definition) is 12. The van der Waals surface area contributed by atoms with E-state index in [9.17, 15) is 19.8 Å². The van der Waals surface area contributed by atoms with E-state index < -0.39 is 86.2 Å². The van der Waals surface area contributed by atoms with Gasteiger partial charge in [-0.15, -0.1) is 0 Å². The molecule has 0 spiro atoms. The molecule has 17 heteroatoms. The quantitative estimate of drug-likeness (QED) is 0.109. The number of carbonyl (C=O) groups is 2. The van der Waals surface area contributed by atoms with Crippen molar-refractivity contribution >= 4 is 11.9 Å². The summed E-state index contributed by atoms with van der Waals surface area (Å²) in [5.74, 6) is -4.07. The third-order valence-corrected chi connectivity index (χ3v) is 3.69. The number of rotatable bonds is 12. The van der Waals surface area contributed by atoms with Crippen molar-refractivity contribution in [2.45, 2.75) is 61.0 Å². The van der Waals surface area contributed by atoms with Crippen LogP contribution in [-0.4, -0.2) is 147 Å². The largest absolute Gasteiger partial charge is 2.00 e. The molecule has 16 nitrogen and oxygen atoms in total. The molecule has 0 aromatic heterocycles. The fourth-order valence-electron chi connectivity index (χ4n) is 1.73. The second-order valence-corrected chi connectivity index (χ2v) is 5.97. The molecule has 2 unspecified atom stereocenters. The monoisotopic (exact) mass is 506 g/mol. The van der Waals surface area contributed by atoms with Gasteiger partial charge in [-0.1, -0.05) is 0 Å². The number of aliphatic hydroxyl groups is 12.